The highest BCUT2D eigenvalue weighted by Gasteiger charge is 2.26. The van der Waals surface area contributed by atoms with Gasteiger partial charge in [0.25, 0.3) is 0 Å². The molecule has 1 atom stereocenters. The maximum atomic E-state index is 11.3. The number of ether oxygens (including phenoxy) is 2. The van der Waals surface area contributed by atoms with Crippen LogP contribution in [0.15, 0.2) is 36.3 Å². The van der Waals surface area contributed by atoms with E-state index in [9.17, 15) is 9.90 Å². The van der Waals surface area contributed by atoms with Gasteiger partial charge in [0.05, 0.1) is 13.2 Å². The molecular formula is C16H18N4O4. The molecule has 0 saturated carbocycles. The zero-order valence-electron chi connectivity index (χ0n) is 13.6. The molecule has 1 aliphatic heterocycles. The van der Waals surface area contributed by atoms with E-state index in [-0.39, 0.29) is 11.8 Å². The molecule has 8 heteroatoms. The number of nitrogens with one attached hydrogen (secondary N) is 1. The number of benzene rings is 1. The predicted molar refractivity (Wildman–Crippen MR) is 86.3 cm³/mol. The number of aromatic nitrogens is 3. The van der Waals surface area contributed by atoms with Crippen LogP contribution < -0.4 is 14.8 Å². The largest absolute Gasteiger partial charge is 0.493 e. The Hall–Kier alpha value is -3.03. The molecule has 1 aliphatic rings. The van der Waals surface area contributed by atoms with Crippen LogP contribution in [-0.2, 0) is 4.79 Å². The standard InChI is InChI=1S/C16H18N4O4/c1-9(2)24-13-5-4-10(6-14(13)23-3)12-7-11(15(21)22)19-16-17-8-18-20(12)16/h4-9,12H,1-3H3,(H,21,22)(H,17,18,19)/t12-/m1/s1. The Labute approximate surface area is 138 Å². The average Bonchev–Trinajstić information content (AvgIpc) is 3.02. The summed E-state index contributed by atoms with van der Waals surface area (Å²) in [7, 11) is 1.56. The second-order valence-corrected chi connectivity index (χ2v) is 5.56. The van der Waals surface area contributed by atoms with Crippen molar-refractivity contribution in [2.75, 3.05) is 12.4 Å². The quantitative estimate of drug-likeness (QED) is 0.865. The van der Waals surface area contributed by atoms with Crippen molar-refractivity contribution in [3.8, 4) is 11.5 Å². The molecule has 0 unspecified atom stereocenters. The number of hydrogen-bond donors (Lipinski definition) is 2. The number of carboxylic acids is 1. The van der Waals surface area contributed by atoms with Gasteiger partial charge in [0.1, 0.15) is 18.1 Å². The van der Waals surface area contributed by atoms with E-state index in [0.29, 0.717) is 17.4 Å². The fourth-order valence-corrected chi connectivity index (χ4v) is 2.52. The Bertz CT molecular complexity index is 797. The highest BCUT2D eigenvalue weighted by atomic mass is 16.5. The maximum Gasteiger partial charge on any atom is 0.352 e. The van der Waals surface area contributed by atoms with Crippen LogP contribution >= 0.6 is 0 Å². The molecule has 24 heavy (non-hydrogen) atoms. The zero-order chi connectivity index (χ0) is 17.3. The van der Waals surface area contributed by atoms with Crippen LogP contribution in [0.5, 0.6) is 11.5 Å². The molecule has 0 amide bonds. The number of fused-ring (bicyclic) bond motifs is 1. The van der Waals surface area contributed by atoms with Crippen molar-refractivity contribution in [2.45, 2.75) is 26.0 Å². The van der Waals surface area contributed by atoms with Gasteiger partial charge in [0.15, 0.2) is 11.5 Å². The summed E-state index contributed by atoms with van der Waals surface area (Å²) in [5, 5.41) is 16.2. The Morgan fingerprint density at radius 1 is 1.38 bits per heavy atom. The molecule has 2 aromatic rings. The van der Waals surface area contributed by atoms with Gasteiger partial charge in [-0.2, -0.15) is 10.1 Å². The van der Waals surface area contributed by atoms with Crippen LogP contribution in [-0.4, -0.2) is 39.1 Å². The minimum absolute atomic E-state index is 0.0176. The van der Waals surface area contributed by atoms with Crippen LogP contribution in [0.1, 0.15) is 25.5 Å². The fourth-order valence-electron chi connectivity index (χ4n) is 2.52. The molecule has 0 radical (unpaired) electrons. The molecule has 0 aliphatic carbocycles. The van der Waals surface area contributed by atoms with Crippen molar-refractivity contribution in [2.24, 2.45) is 0 Å². The van der Waals surface area contributed by atoms with E-state index in [1.807, 2.05) is 26.0 Å². The van der Waals surface area contributed by atoms with Crippen molar-refractivity contribution in [1.82, 2.24) is 14.8 Å². The summed E-state index contributed by atoms with van der Waals surface area (Å²) in [5.41, 5.74) is 0.872. The average molecular weight is 330 g/mol. The van der Waals surface area contributed by atoms with Gasteiger partial charge < -0.3 is 19.9 Å². The van der Waals surface area contributed by atoms with Gasteiger partial charge in [0, 0.05) is 0 Å². The second kappa shape index (κ2) is 6.23. The number of allylic oxidation sites excluding steroid dienone is 1. The number of carboxylic acid groups (broad SMARTS) is 1. The van der Waals surface area contributed by atoms with Crippen LogP contribution in [0.2, 0.25) is 0 Å². The van der Waals surface area contributed by atoms with Crippen molar-refractivity contribution in [3.63, 3.8) is 0 Å². The topological polar surface area (TPSA) is 98.5 Å². The SMILES string of the molecule is COc1cc([C@H]2C=C(C(=O)O)Nc3ncnn32)ccc1OC(C)C. The van der Waals surface area contributed by atoms with Crippen molar-refractivity contribution in [3.05, 3.63) is 41.9 Å². The molecule has 2 N–H and O–H groups in total. The first kappa shape index (κ1) is 15.9. The molecule has 0 bridgehead atoms. The molecule has 2 heterocycles. The molecule has 3 rings (SSSR count). The molecule has 8 nitrogen and oxygen atoms in total. The molecular weight excluding hydrogens is 312 g/mol. The molecule has 0 fully saturated rings. The van der Waals surface area contributed by atoms with E-state index >= 15 is 0 Å². The number of rotatable bonds is 5. The highest BCUT2D eigenvalue weighted by Crippen LogP contribution is 2.35. The van der Waals surface area contributed by atoms with Crippen LogP contribution in [0.4, 0.5) is 5.95 Å². The van der Waals surface area contributed by atoms with Crippen LogP contribution in [0.3, 0.4) is 0 Å². The minimum atomic E-state index is -1.05. The summed E-state index contributed by atoms with van der Waals surface area (Å²) in [4.78, 5) is 15.4. The summed E-state index contributed by atoms with van der Waals surface area (Å²) in [6, 6.07) is 5.07. The number of aliphatic carboxylic acids is 1. The van der Waals surface area contributed by atoms with Gasteiger partial charge >= 0.3 is 5.97 Å². The van der Waals surface area contributed by atoms with Crippen LogP contribution in [0, 0.1) is 0 Å². The molecule has 126 valence electrons. The van der Waals surface area contributed by atoms with Crippen molar-refractivity contribution >= 4 is 11.9 Å². The molecule has 1 aromatic heterocycles. The third kappa shape index (κ3) is 2.90. The lowest BCUT2D eigenvalue weighted by Gasteiger charge is -2.23. The zero-order valence-corrected chi connectivity index (χ0v) is 13.6. The van der Waals surface area contributed by atoms with E-state index < -0.39 is 12.0 Å². The molecule has 0 saturated heterocycles. The lowest BCUT2D eigenvalue weighted by Crippen LogP contribution is -2.24. The molecule has 0 spiro atoms. The van der Waals surface area contributed by atoms with Gasteiger partial charge in [-0.25, -0.2) is 9.48 Å². The van der Waals surface area contributed by atoms with E-state index in [4.69, 9.17) is 9.47 Å². The monoisotopic (exact) mass is 330 g/mol. The van der Waals surface area contributed by atoms with Gasteiger partial charge in [-0.05, 0) is 37.6 Å². The van der Waals surface area contributed by atoms with E-state index in [2.05, 4.69) is 15.4 Å². The van der Waals surface area contributed by atoms with Gasteiger partial charge in [-0.15, -0.1) is 0 Å². The molecule has 1 aromatic carbocycles. The number of hydrogen-bond acceptors (Lipinski definition) is 6. The third-order valence-corrected chi connectivity index (χ3v) is 3.53. The minimum Gasteiger partial charge on any atom is -0.493 e. The first-order valence-corrected chi connectivity index (χ1v) is 7.46. The predicted octanol–water partition coefficient (Wildman–Crippen LogP) is 2.06. The van der Waals surface area contributed by atoms with Gasteiger partial charge in [0.2, 0.25) is 5.95 Å². The Kier molecular flexibility index (Phi) is 4.11. The summed E-state index contributed by atoms with van der Waals surface area (Å²) in [6.45, 7) is 3.87. The summed E-state index contributed by atoms with van der Waals surface area (Å²) in [5.74, 6) is 0.528. The number of nitrogens with zero attached hydrogens (tertiary/aromatic N) is 3. The van der Waals surface area contributed by atoms with Crippen molar-refractivity contribution in [1.29, 1.82) is 0 Å². The van der Waals surface area contributed by atoms with Gasteiger partial charge in [-0.1, -0.05) is 6.07 Å². The Balaban J connectivity index is 2.03. The summed E-state index contributed by atoms with van der Waals surface area (Å²) < 4.78 is 12.7. The normalized spacial score (nSPS) is 16.2. The van der Waals surface area contributed by atoms with Crippen molar-refractivity contribution < 1.29 is 19.4 Å². The summed E-state index contributed by atoms with van der Waals surface area (Å²) >= 11 is 0. The van der Waals surface area contributed by atoms with Gasteiger partial charge in [-0.3, -0.25) is 0 Å². The first-order chi connectivity index (χ1) is 11.5. The third-order valence-electron chi connectivity index (χ3n) is 3.53. The Morgan fingerprint density at radius 2 is 2.17 bits per heavy atom. The maximum absolute atomic E-state index is 11.3. The number of carbonyl (C=O) groups is 1. The summed E-state index contributed by atoms with van der Waals surface area (Å²) in [6.07, 6.45) is 2.98. The first-order valence-electron chi connectivity index (χ1n) is 7.46. The fraction of sp³-hybridized carbons (Fsp3) is 0.312. The Morgan fingerprint density at radius 3 is 2.83 bits per heavy atom. The lowest BCUT2D eigenvalue weighted by atomic mass is 10.0. The van der Waals surface area contributed by atoms with E-state index in [0.717, 1.165) is 5.56 Å². The van der Waals surface area contributed by atoms with Crippen LogP contribution in [0.25, 0.3) is 0 Å². The van der Waals surface area contributed by atoms with E-state index in [1.54, 1.807) is 23.9 Å². The second-order valence-electron chi connectivity index (χ2n) is 5.56. The lowest BCUT2D eigenvalue weighted by molar-refractivity contribution is -0.132. The van der Waals surface area contributed by atoms with E-state index in [1.165, 1.54) is 6.33 Å². The number of anilines is 1. The number of methoxy groups -OCH3 is 1. The highest BCUT2D eigenvalue weighted by molar-refractivity contribution is 5.90. The smallest absolute Gasteiger partial charge is 0.352 e.